The molecule has 0 saturated carbocycles. The molecule has 8 nitrogen and oxygen atoms in total. The van der Waals surface area contributed by atoms with Crippen LogP contribution in [0.2, 0.25) is 0 Å². The van der Waals surface area contributed by atoms with E-state index in [0.717, 1.165) is 33.8 Å². The van der Waals surface area contributed by atoms with Crippen LogP contribution < -0.4 is 14.4 Å². The van der Waals surface area contributed by atoms with Gasteiger partial charge in [0.05, 0.1) is 17.2 Å². The number of hydrogen-bond donors (Lipinski definition) is 1. The number of unbranched alkanes of at least 4 members (excludes halogenated alkanes) is 1. The molecule has 1 N–H and O–H groups in total. The Morgan fingerprint density at radius 1 is 0.905 bits per heavy atom. The lowest BCUT2D eigenvalue weighted by Crippen LogP contribution is -2.52. The van der Waals surface area contributed by atoms with Gasteiger partial charge in [-0.25, -0.2) is 8.42 Å². The Kier molecular flexibility index (Phi) is 12.0. The second kappa shape index (κ2) is 15.4. The largest absolute Gasteiger partial charge is 0.494 e. The number of amides is 2. The summed E-state index contributed by atoms with van der Waals surface area (Å²) in [6.07, 6.45) is 2.13. The number of carbonyl (C=O) groups excluding carboxylic acids is 2. The summed E-state index contributed by atoms with van der Waals surface area (Å²) in [6.45, 7) is 10.3. The van der Waals surface area contributed by atoms with E-state index < -0.39 is 28.5 Å². The summed E-state index contributed by atoms with van der Waals surface area (Å²) in [5, 5.41) is 2.96. The van der Waals surface area contributed by atoms with Gasteiger partial charge in [0.1, 0.15) is 18.3 Å². The number of nitrogens with one attached hydrogen (secondary N) is 1. The Morgan fingerprint density at radius 2 is 1.57 bits per heavy atom. The monoisotopic (exact) mass is 593 g/mol. The summed E-state index contributed by atoms with van der Waals surface area (Å²) >= 11 is 0. The number of sulfonamides is 1. The maximum atomic E-state index is 14.2. The van der Waals surface area contributed by atoms with Gasteiger partial charge in [0.2, 0.25) is 11.8 Å². The van der Waals surface area contributed by atoms with Crippen LogP contribution in [0.4, 0.5) is 5.69 Å². The van der Waals surface area contributed by atoms with Crippen LogP contribution in [-0.4, -0.2) is 50.9 Å². The van der Waals surface area contributed by atoms with E-state index in [0.29, 0.717) is 31.0 Å². The fourth-order valence-corrected chi connectivity index (χ4v) is 6.05. The first kappa shape index (κ1) is 32.7. The van der Waals surface area contributed by atoms with Crippen molar-refractivity contribution in [2.75, 3.05) is 24.0 Å². The van der Waals surface area contributed by atoms with E-state index in [9.17, 15) is 18.0 Å². The minimum absolute atomic E-state index is 0.0737. The summed E-state index contributed by atoms with van der Waals surface area (Å²) in [5.74, 6) is -0.126. The van der Waals surface area contributed by atoms with E-state index in [1.165, 1.54) is 17.0 Å². The molecule has 0 unspecified atom stereocenters. The molecule has 2 amide bonds. The molecule has 0 aromatic heterocycles. The zero-order valence-corrected chi connectivity index (χ0v) is 26.1. The smallest absolute Gasteiger partial charge is 0.264 e. The fourth-order valence-electron chi connectivity index (χ4n) is 4.64. The molecular weight excluding hydrogens is 550 g/mol. The lowest BCUT2D eigenvalue weighted by atomic mass is 10.1. The third-order valence-corrected chi connectivity index (χ3v) is 8.93. The van der Waals surface area contributed by atoms with E-state index in [1.807, 2.05) is 58.9 Å². The number of rotatable bonds is 15. The molecule has 3 aromatic rings. The summed E-state index contributed by atoms with van der Waals surface area (Å²) in [5.41, 5.74) is 3.11. The predicted octanol–water partition coefficient (Wildman–Crippen LogP) is 5.62. The van der Waals surface area contributed by atoms with Crippen LogP contribution in [0.5, 0.6) is 5.75 Å². The zero-order chi connectivity index (χ0) is 30.7. The Labute approximate surface area is 250 Å². The van der Waals surface area contributed by atoms with Gasteiger partial charge in [0, 0.05) is 13.1 Å². The highest BCUT2D eigenvalue weighted by Crippen LogP contribution is 2.27. The van der Waals surface area contributed by atoms with Gasteiger partial charge in [-0.2, -0.15) is 0 Å². The number of nitrogens with zero attached hydrogens (tertiary/aromatic N) is 2. The standard InChI is InChI=1S/C33H43N3O5S/c1-6-9-22-34-33(38)31(7-2)35(23-27-13-11-10-12-26(27)5)32(37)24-36(28-16-18-29(19-17-28)41-8-3)42(39,40)30-20-14-25(4)15-21-30/h10-21,31H,6-9,22-24H2,1-5H3,(H,34,38)/t31-/m0/s1. The van der Waals surface area contributed by atoms with Crippen molar-refractivity contribution in [3.8, 4) is 5.75 Å². The van der Waals surface area contributed by atoms with Crippen molar-refractivity contribution in [3.05, 3.63) is 89.5 Å². The van der Waals surface area contributed by atoms with Crippen LogP contribution in [0.25, 0.3) is 0 Å². The van der Waals surface area contributed by atoms with Crippen molar-refractivity contribution in [2.45, 2.75) is 71.4 Å². The Bertz CT molecular complexity index is 1420. The van der Waals surface area contributed by atoms with Crippen molar-refractivity contribution in [1.29, 1.82) is 0 Å². The van der Waals surface area contributed by atoms with Crippen molar-refractivity contribution < 1.29 is 22.7 Å². The molecular formula is C33H43N3O5S. The Balaban J connectivity index is 2.05. The van der Waals surface area contributed by atoms with Crippen molar-refractivity contribution in [2.24, 2.45) is 0 Å². The molecule has 0 radical (unpaired) electrons. The second-order valence-corrected chi connectivity index (χ2v) is 12.1. The predicted molar refractivity (Wildman–Crippen MR) is 167 cm³/mol. The quantitative estimate of drug-likeness (QED) is 0.231. The molecule has 0 bridgehead atoms. The highest BCUT2D eigenvalue weighted by atomic mass is 32.2. The van der Waals surface area contributed by atoms with E-state index in [1.54, 1.807) is 36.4 Å². The first-order valence-corrected chi connectivity index (χ1v) is 16.0. The van der Waals surface area contributed by atoms with E-state index in [2.05, 4.69) is 5.32 Å². The topological polar surface area (TPSA) is 96.0 Å². The summed E-state index contributed by atoms with van der Waals surface area (Å²) < 4.78 is 34.7. The van der Waals surface area contributed by atoms with Gasteiger partial charge in [0.15, 0.2) is 0 Å². The van der Waals surface area contributed by atoms with Crippen LogP contribution >= 0.6 is 0 Å². The van der Waals surface area contributed by atoms with Gasteiger partial charge < -0.3 is 15.0 Å². The van der Waals surface area contributed by atoms with Gasteiger partial charge in [-0.05, 0) is 81.1 Å². The van der Waals surface area contributed by atoms with Gasteiger partial charge in [-0.15, -0.1) is 0 Å². The molecule has 0 aliphatic rings. The molecule has 0 aliphatic carbocycles. The Morgan fingerprint density at radius 3 is 2.17 bits per heavy atom. The lowest BCUT2D eigenvalue weighted by molar-refractivity contribution is -0.140. The molecule has 9 heteroatoms. The highest BCUT2D eigenvalue weighted by molar-refractivity contribution is 7.92. The maximum absolute atomic E-state index is 14.2. The normalized spacial score (nSPS) is 11.9. The number of aryl methyl sites for hydroxylation is 2. The van der Waals surface area contributed by atoms with Gasteiger partial charge in [-0.1, -0.05) is 62.2 Å². The molecule has 42 heavy (non-hydrogen) atoms. The maximum Gasteiger partial charge on any atom is 0.264 e. The van der Waals surface area contributed by atoms with Crippen LogP contribution in [0, 0.1) is 13.8 Å². The minimum Gasteiger partial charge on any atom is -0.494 e. The first-order valence-electron chi connectivity index (χ1n) is 14.6. The molecule has 0 heterocycles. The van der Waals surface area contributed by atoms with Crippen molar-refractivity contribution in [3.63, 3.8) is 0 Å². The van der Waals surface area contributed by atoms with Gasteiger partial charge in [-0.3, -0.25) is 13.9 Å². The van der Waals surface area contributed by atoms with E-state index in [-0.39, 0.29) is 17.3 Å². The van der Waals surface area contributed by atoms with Crippen LogP contribution in [0.3, 0.4) is 0 Å². The SMILES string of the molecule is CCCCNC(=O)[C@H](CC)N(Cc1ccccc1C)C(=O)CN(c1ccc(OCC)cc1)S(=O)(=O)c1ccc(C)cc1. The molecule has 0 spiro atoms. The molecule has 0 fully saturated rings. The molecule has 0 aliphatic heterocycles. The van der Waals surface area contributed by atoms with Gasteiger partial charge in [0.25, 0.3) is 10.0 Å². The molecule has 1 atom stereocenters. The van der Waals surface area contributed by atoms with E-state index >= 15 is 0 Å². The molecule has 0 saturated heterocycles. The zero-order valence-electron chi connectivity index (χ0n) is 25.3. The summed E-state index contributed by atoms with van der Waals surface area (Å²) in [6, 6.07) is 20.1. The number of anilines is 1. The molecule has 3 aromatic carbocycles. The van der Waals surface area contributed by atoms with Crippen molar-refractivity contribution >= 4 is 27.5 Å². The number of benzene rings is 3. The number of hydrogen-bond acceptors (Lipinski definition) is 5. The third kappa shape index (κ3) is 8.35. The number of carbonyl (C=O) groups is 2. The van der Waals surface area contributed by atoms with Crippen molar-refractivity contribution in [1.82, 2.24) is 10.2 Å². The molecule has 226 valence electrons. The highest BCUT2D eigenvalue weighted by Gasteiger charge is 2.33. The fraction of sp³-hybridized carbons (Fsp3) is 0.394. The van der Waals surface area contributed by atoms with Crippen LogP contribution in [0.1, 0.15) is 56.7 Å². The second-order valence-electron chi connectivity index (χ2n) is 10.3. The summed E-state index contributed by atoms with van der Waals surface area (Å²) in [7, 11) is -4.13. The third-order valence-electron chi connectivity index (χ3n) is 7.14. The summed E-state index contributed by atoms with van der Waals surface area (Å²) in [4.78, 5) is 29.1. The Hall–Kier alpha value is -3.85. The van der Waals surface area contributed by atoms with Crippen LogP contribution in [0.15, 0.2) is 77.7 Å². The lowest BCUT2D eigenvalue weighted by Gasteiger charge is -2.33. The van der Waals surface area contributed by atoms with Gasteiger partial charge >= 0.3 is 0 Å². The molecule has 3 rings (SSSR count). The minimum atomic E-state index is -4.13. The van der Waals surface area contributed by atoms with Crippen LogP contribution in [-0.2, 0) is 26.2 Å². The average Bonchev–Trinajstić information content (AvgIpc) is 2.97. The first-order chi connectivity index (χ1) is 20.1. The van der Waals surface area contributed by atoms with E-state index in [4.69, 9.17) is 4.74 Å². The average molecular weight is 594 g/mol. The number of ether oxygens (including phenoxy) is 1.